The van der Waals surface area contributed by atoms with Crippen molar-refractivity contribution in [2.45, 2.75) is 26.7 Å². The maximum atomic E-state index is 12.1. The zero-order valence-electron chi connectivity index (χ0n) is 14.7. The third-order valence-electron chi connectivity index (χ3n) is 3.59. The van der Waals surface area contributed by atoms with Crippen LogP contribution in [-0.4, -0.2) is 25.1 Å². The average Bonchev–Trinajstić information content (AvgIpc) is 2.61. The molecular weight excluding hydrogens is 318 g/mol. The Morgan fingerprint density at radius 2 is 1.84 bits per heavy atom. The number of esters is 1. The molecule has 0 spiro atoms. The summed E-state index contributed by atoms with van der Waals surface area (Å²) < 4.78 is 10.5. The number of para-hydroxylation sites is 1. The van der Waals surface area contributed by atoms with Gasteiger partial charge in [0, 0.05) is 0 Å². The largest absolute Gasteiger partial charge is 0.484 e. The maximum absolute atomic E-state index is 12.1. The van der Waals surface area contributed by atoms with Gasteiger partial charge in [-0.25, -0.2) is 4.79 Å². The summed E-state index contributed by atoms with van der Waals surface area (Å²) in [5.74, 6) is 0.213. The fourth-order valence-corrected chi connectivity index (χ4v) is 2.28. The molecule has 0 aliphatic heterocycles. The van der Waals surface area contributed by atoms with E-state index in [2.05, 4.69) is 19.2 Å². The molecule has 0 radical (unpaired) electrons. The van der Waals surface area contributed by atoms with Gasteiger partial charge in [0.1, 0.15) is 5.75 Å². The first-order valence-corrected chi connectivity index (χ1v) is 8.30. The van der Waals surface area contributed by atoms with Crippen LogP contribution in [0.3, 0.4) is 0 Å². The lowest BCUT2D eigenvalue weighted by atomic mass is 10.0. The van der Waals surface area contributed by atoms with Gasteiger partial charge in [-0.3, -0.25) is 4.79 Å². The van der Waals surface area contributed by atoms with E-state index in [0.717, 1.165) is 5.56 Å². The van der Waals surface area contributed by atoms with E-state index in [4.69, 9.17) is 9.47 Å². The lowest BCUT2D eigenvalue weighted by Crippen LogP contribution is -2.22. The monoisotopic (exact) mass is 341 g/mol. The molecule has 5 heteroatoms. The average molecular weight is 341 g/mol. The molecular formula is C20H23NO4. The Morgan fingerprint density at radius 3 is 2.56 bits per heavy atom. The van der Waals surface area contributed by atoms with Gasteiger partial charge in [-0.05, 0) is 42.7 Å². The fourth-order valence-electron chi connectivity index (χ4n) is 2.28. The second kappa shape index (κ2) is 8.87. The summed E-state index contributed by atoms with van der Waals surface area (Å²) in [4.78, 5) is 24.1. The fraction of sp³-hybridized carbons (Fsp3) is 0.300. The van der Waals surface area contributed by atoms with E-state index in [0.29, 0.717) is 22.9 Å². The summed E-state index contributed by atoms with van der Waals surface area (Å²) in [5.41, 5.74) is 1.87. The van der Waals surface area contributed by atoms with E-state index in [1.54, 1.807) is 31.2 Å². The van der Waals surface area contributed by atoms with Crippen LogP contribution in [0, 0.1) is 0 Å². The number of rotatable bonds is 7. The summed E-state index contributed by atoms with van der Waals surface area (Å²) in [7, 11) is 0. The van der Waals surface area contributed by atoms with Crippen molar-refractivity contribution >= 4 is 17.6 Å². The molecule has 0 aliphatic carbocycles. The van der Waals surface area contributed by atoms with Crippen LogP contribution in [0.5, 0.6) is 5.75 Å². The molecule has 1 amide bonds. The molecule has 0 fully saturated rings. The van der Waals surface area contributed by atoms with Gasteiger partial charge in [0.2, 0.25) is 0 Å². The van der Waals surface area contributed by atoms with Crippen molar-refractivity contribution in [2.24, 2.45) is 0 Å². The van der Waals surface area contributed by atoms with Gasteiger partial charge < -0.3 is 14.8 Å². The lowest BCUT2D eigenvalue weighted by molar-refractivity contribution is -0.118. The molecule has 0 aliphatic rings. The summed E-state index contributed by atoms with van der Waals surface area (Å²) >= 11 is 0. The molecule has 0 saturated carbocycles. The minimum Gasteiger partial charge on any atom is -0.484 e. The zero-order valence-corrected chi connectivity index (χ0v) is 14.7. The number of benzene rings is 2. The summed E-state index contributed by atoms with van der Waals surface area (Å²) in [6, 6.07) is 14.4. The number of ether oxygens (including phenoxy) is 2. The van der Waals surface area contributed by atoms with Crippen molar-refractivity contribution in [3.05, 3.63) is 59.7 Å². The molecule has 0 bridgehead atoms. The molecule has 132 valence electrons. The Labute approximate surface area is 148 Å². The van der Waals surface area contributed by atoms with Crippen LogP contribution in [0.15, 0.2) is 48.5 Å². The second-order valence-corrected chi connectivity index (χ2v) is 5.83. The van der Waals surface area contributed by atoms with Crippen LogP contribution >= 0.6 is 0 Å². The Kier molecular flexibility index (Phi) is 6.57. The van der Waals surface area contributed by atoms with Crippen molar-refractivity contribution in [1.29, 1.82) is 0 Å². The quantitative estimate of drug-likeness (QED) is 0.773. The third-order valence-corrected chi connectivity index (χ3v) is 3.59. The first kappa shape index (κ1) is 18.5. The molecule has 0 heterocycles. The van der Waals surface area contributed by atoms with Gasteiger partial charge in [0.25, 0.3) is 5.91 Å². The van der Waals surface area contributed by atoms with E-state index >= 15 is 0 Å². The van der Waals surface area contributed by atoms with Crippen LogP contribution in [0.2, 0.25) is 0 Å². The van der Waals surface area contributed by atoms with Crippen LogP contribution in [0.1, 0.15) is 42.6 Å². The van der Waals surface area contributed by atoms with Crippen LogP contribution in [0.4, 0.5) is 5.69 Å². The predicted molar refractivity (Wildman–Crippen MR) is 97.1 cm³/mol. The highest BCUT2D eigenvalue weighted by atomic mass is 16.5. The van der Waals surface area contributed by atoms with Crippen LogP contribution < -0.4 is 10.1 Å². The maximum Gasteiger partial charge on any atom is 0.340 e. The highest BCUT2D eigenvalue weighted by Crippen LogP contribution is 2.20. The van der Waals surface area contributed by atoms with Gasteiger partial charge in [-0.1, -0.05) is 38.1 Å². The normalized spacial score (nSPS) is 10.4. The molecule has 0 saturated heterocycles. The van der Waals surface area contributed by atoms with Gasteiger partial charge in [-0.15, -0.1) is 0 Å². The second-order valence-electron chi connectivity index (χ2n) is 5.83. The third kappa shape index (κ3) is 5.35. The highest BCUT2D eigenvalue weighted by Gasteiger charge is 2.14. The first-order valence-electron chi connectivity index (χ1n) is 8.30. The molecule has 0 atom stereocenters. The molecule has 2 aromatic carbocycles. The Bertz CT molecular complexity index is 740. The van der Waals surface area contributed by atoms with Crippen LogP contribution in [-0.2, 0) is 9.53 Å². The van der Waals surface area contributed by atoms with E-state index in [1.165, 1.54) is 0 Å². The van der Waals surface area contributed by atoms with E-state index in [9.17, 15) is 9.59 Å². The first-order chi connectivity index (χ1) is 12.0. The number of amides is 1. The molecule has 25 heavy (non-hydrogen) atoms. The molecule has 0 unspecified atom stereocenters. The zero-order chi connectivity index (χ0) is 18.2. The summed E-state index contributed by atoms with van der Waals surface area (Å²) in [6.07, 6.45) is 0. The van der Waals surface area contributed by atoms with Crippen molar-refractivity contribution in [1.82, 2.24) is 0 Å². The number of hydrogen-bond acceptors (Lipinski definition) is 4. The van der Waals surface area contributed by atoms with E-state index in [1.807, 2.05) is 24.3 Å². The predicted octanol–water partition coefficient (Wildman–Crippen LogP) is 4.00. The van der Waals surface area contributed by atoms with Gasteiger partial charge in [0.15, 0.2) is 6.61 Å². The number of hydrogen-bond donors (Lipinski definition) is 1. The van der Waals surface area contributed by atoms with Crippen molar-refractivity contribution in [3.8, 4) is 5.75 Å². The van der Waals surface area contributed by atoms with Gasteiger partial charge >= 0.3 is 5.97 Å². The minimum absolute atomic E-state index is 0.140. The number of carbonyl (C=O) groups is 2. The molecule has 1 N–H and O–H groups in total. The van der Waals surface area contributed by atoms with E-state index in [-0.39, 0.29) is 19.1 Å². The molecule has 0 aromatic heterocycles. The molecule has 2 aromatic rings. The Balaban J connectivity index is 1.99. The van der Waals surface area contributed by atoms with E-state index < -0.39 is 5.97 Å². The standard InChI is InChI=1S/C20H23NO4/c1-4-24-20(23)17-10-5-6-11-18(17)21-19(22)13-25-16-9-7-8-15(12-16)14(2)3/h5-12,14H,4,13H2,1-3H3,(H,21,22). The minimum atomic E-state index is -0.469. The van der Waals surface area contributed by atoms with Crippen LogP contribution in [0.25, 0.3) is 0 Å². The topological polar surface area (TPSA) is 64.6 Å². The number of anilines is 1. The van der Waals surface area contributed by atoms with Crippen molar-refractivity contribution in [3.63, 3.8) is 0 Å². The summed E-state index contributed by atoms with van der Waals surface area (Å²) in [5, 5.41) is 2.69. The van der Waals surface area contributed by atoms with Gasteiger partial charge in [0.05, 0.1) is 17.9 Å². The van der Waals surface area contributed by atoms with Crippen molar-refractivity contribution in [2.75, 3.05) is 18.5 Å². The number of nitrogens with one attached hydrogen (secondary N) is 1. The highest BCUT2D eigenvalue weighted by molar-refractivity contribution is 6.01. The van der Waals surface area contributed by atoms with Crippen molar-refractivity contribution < 1.29 is 19.1 Å². The molecule has 5 nitrogen and oxygen atoms in total. The smallest absolute Gasteiger partial charge is 0.340 e. The Morgan fingerprint density at radius 1 is 1.08 bits per heavy atom. The SMILES string of the molecule is CCOC(=O)c1ccccc1NC(=O)COc1cccc(C(C)C)c1. The van der Waals surface area contributed by atoms with Gasteiger partial charge in [-0.2, -0.15) is 0 Å². The summed E-state index contributed by atoms with van der Waals surface area (Å²) in [6.45, 7) is 6.06. The lowest BCUT2D eigenvalue weighted by Gasteiger charge is -2.12. The molecule has 2 rings (SSSR count). The Hall–Kier alpha value is -2.82. The number of carbonyl (C=O) groups excluding carboxylic acids is 2.